The van der Waals surface area contributed by atoms with Crippen LogP contribution < -0.4 is 10.6 Å². The lowest BCUT2D eigenvalue weighted by molar-refractivity contribution is 0.664. The largest absolute Gasteiger partial charge is 0.350 e. The van der Waals surface area contributed by atoms with Gasteiger partial charge in [0.2, 0.25) is 0 Å². The highest BCUT2D eigenvalue weighted by molar-refractivity contribution is 14.0. The lowest BCUT2D eigenvalue weighted by atomic mass is 10.1. The Labute approximate surface area is 205 Å². The van der Waals surface area contributed by atoms with Crippen LogP contribution >= 0.6 is 24.0 Å². The molecule has 0 bridgehead atoms. The molecule has 0 aliphatic carbocycles. The van der Waals surface area contributed by atoms with Crippen molar-refractivity contribution in [2.24, 2.45) is 12.0 Å². The molecule has 2 N–H and O–H groups in total. The first-order chi connectivity index (χ1) is 15.1. The number of nitrogens with one attached hydrogen (secondary N) is 2. The molecule has 0 aliphatic heterocycles. The molecule has 0 radical (unpaired) electrons. The monoisotopic (exact) mass is 541 g/mol. The van der Waals surface area contributed by atoms with Gasteiger partial charge in [-0.15, -0.1) is 34.2 Å². The molecule has 2 aromatic carbocycles. The van der Waals surface area contributed by atoms with Crippen LogP contribution in [0, 0.1) is 6.92 Å². The minimum Gasteiger partial charge on any atom is -0.350 e. The summed E-state index contributed by atoms with van der Waals surface area (Å²) in [6.07, 6.45) is 1.84. The molecule has 0 saturated heterocycles. The molecule has 0 amide bonds. The molecule has 4 aromatic rings. The van der Waals surface area contributed by atoms with Gasteiger partial charge in [0.25, 0.3) is 0 Å². The van der Waals surface area contributed by atoms with Crippen molar-refractivity contribution >= 4 is 40.8 Å². The predicted molar refractivity (Wildman–Crippen MR) is 139 cm³/mol. The van der Waals surface area contributed by atoms with Gasteiger partial charge in [0.15, 0.2) is 11.8 Å². The molecule has 1 unspecified atom stereocenters. The van der Waals surface area contributed by atoms with E-state index in [4.69, 9.17) is 4.99 Å². The number of pyridine rings is 1. The fourth-order valence-electron chi connectivity index (χ4n) is 3.41. The van der Waals surface area contributed by atoms with Gasteiger partial charge in [0.1, 0.15) is 5.82 Å². The van der Waals surface area contributed by atoms with E-state index in [0.29, 0.717) is 13.1 Å². The number of aromatic nitrogens is 4. The Morgan fingerprint density at radius 2 is 1.78 bits per heavy atom. The zero-order chi connectivity index (χ0) is 21.6. The fourth-order valence-corrected chi connectivity index (χ4v) is 3.41. The average Bonchev–Trinajstić information content (AvgIpc) is 3.13. The first-order valence-corrected chi connectivity index (χ1v) is 10.4. The Balaban J connectivity index is 0.00000289. The minimum atomic E-state index is 0. The summed E-state index contributed by atoms with van der Waals surface area (Å²) < 4.78 is 1.97. The van der Waals surface area contributed by atoms with Gasteiger partial charge in [0, 0.05) is 18.6 Å². The summed E-state index contributed by atoms with van der Waals surface area (Å²) in [4.78, 5) is 9.32. The Bertz CT molecular complexity index is 1180. The van der Waals surface area contributed by atoms with Crippen molar-refractivity contribution in [3.63, 3.8) is 0 Å². The summed E-state index contributed by atoms with van der Waals surface area (Å²) in [6, 6.07) is 20.6. The SMILES string of the molecule is Cc1nnc(CNC(=NCc2ccnc3ccccc23)NC(C)c2ccccc2)n1C.I. The van der Waals surface area contributed by atoms with Crippen LogP contribution in [0.1, 0.15) is 35.7 Å². The minimum absolute atomic E-state index is 0. The number of fused-ring (bicyclic) bond motifs is 1. The number of halogens is 1. The van der Waals surface area contributed by atoms with Crippen molar-refractivity contribution in [2.75, 3.05) is 0 Å². The van der Waals surface area contributed by atoms with Crippen molar-refractivity contribution in [1.82, 2.24) is 30.4 Å². The van der Waals surface area contributed by atoms with Crippen LogP contribution in [-0.2, 0) is 20.1 Å². The quantitative estimate of drug-likeness (QED) is 0.216. The number of aryl methyl sites for hydroxylation is 1. The van der Waals surface area contributed by atoms with Crippen LogP contribution in [0.5, 0.6) is 0 Å². The molecular weight excluding hydrogens is 513 g/mol. The summed E-state index contributed by atoms with van der Waals surface area (Å²) >= 11 is 0. The number of guanidine groups is 1. The number of para-hydroxylation sites is 1. The van der Waals surface area contributed by atoms with Crippen LogP contribution in [-0.4, -0.2) is 25.7 Å². The molecule has 32 heavy (non-hydrogen) atoms. The van der Waals surface area contributed by atoms with E-state index in [1.807, 2.05) is 67.2 Å². The fraction of sp³-hybridized carbons (Fsp3) is 0.250. The van der Waals surface area contributed by atoms with Gasteiger partial charge in [-0.25, -0.2) is 4.99 Å². The molecule has 8 heteroatoms. The highest BCUT2D eigenvalue weighted by Gasteiger charge is 2.11. The van der Waals surface area contributed by atoms with Crippen molar-refractivity contribution in [2.45, 2.75) is 33.0 Å². The molecule has 2 aromatic heterocycles. The predicted octanol–water partition coefficient (Wildman–Crippen LogP) is 4.29. The number of rotatable bonds is 6. The maximum Gasteiger partial charge on any atom is 0.192 e. The molecule has 166 valence electrons. The van der Waals surface area contributed by atoms with E-state index in [0.717, 1.165) is 34.1 Å². The molecule has 7 nitrogen and oxygen atoms in total. The van der Waals surface area contributed by atoms with Gasteiger partial charge in [-0.2, -0.15) is 0 Å². The maximum absolute atomic E-state index is 4.87. The van der Waals surface area contributed by atoms with Crippen molar-refractivity contribution in [3.05, 3.63) is 89.6 Å². The standard InChI is InChI=1S/C24H27N7.HI/c1-17(19-9-5-4-6-10-19)28-24(27-16-23-30-29-18(2)31(23)3)26-15-20-13-14-25-22-12-8-7-11-21(20)22;/h4-14,17H,15-16H2,1-3H3,(H2,26,27,28);1H. The Morgan fingerprint density at radius 3 is 2.53 bits per heavy atom. The van der Waals surface area contributed by atoms with Crippen LogP contribution in [0.15, 0.2) is 71.9 Å². The van der Waals surface area contributed by atoms with E-state index in [1.54, 1.807) is 0 Å². The lowest BCUT2D eigenvalue weighted by Crippen LogP contribution is -2.39. The third kappa shape index (κ3) is 5.61. The second kappa shape index (κ2) is 11.0. The number of nitrogens with zero attached hydrogens (tertiary/aromatic N) is 5. The summed E-state index contributed by atoms with van der Waals surface area (Å²) in [7, 11) is 1.96. The number of hydrogen-bond acceptors (Lipinski definition) is 4. The van der Waals surface area contributed by atoms with Crippen LogP contribution in [0.4, 0.5) is 0 Å². The summed E-state index contributed by atoms with van der Waals surface area (Å²) in [5, 5.41) is 16.4. The molecule has 1 atom stereocenters. The van der Waals surface area contributed by atoms with E-state index in [9.17, 15) is 0 Å². The second-order valence-electron chi connectivity index (χ2n) is 7.50. The van der Waals surface area contributed by atoms with Gasteiger partial charge < -0.3 is 15.2 Å². The second-order valence-corrected chi connectivity index (χ2v) is 7.50. The van der Waals surface area contributed by atoms with E-state index >= 15 is 0 Å². The Hall–Kier alpha value is -3.01. The van der Waals surface area contributed by atoms with Crippen LogP contribution in [0.25, 0.3) is 10.9 Å². The molecule has 0 saturated carbocycles. The first-order valence-electron chi connectivity index (χ1n) is 10.4. The van der Waals surface area contributed by atoms with E-state index < -0.39 is 0 Å². The summed E-state index contributed by atoms with van der Waals surface area (Å²) in [5.41, 5.74) is 3.30. The number of hydrogen-bond donors (Lipinski definition) is 2. The van der Waals surface area contributed by atoms with E-state index in [2.05, 4.69) is 50.9 Å². The van der Waals surface area contributed by atoms with Gasteiger partial charge in [-0.3, -0.25) is 4.98 Å². The molecule has 0 spiro atoms. The van der Waals surface area contributed by atoms with Crippen molar-refractivity contribution in [1.29, 1.82) is 0 Å². The average molecular weight is 541 g/mol. The first kappa shape index (κ1) is 23.6. The van der Waals surface area contributed by atoms with Crippen LogP contribution in [0.2, 0.25) is 0 Å². The Kier molecular flexibility index (Phi) is 8.15. The summed E-state index contributed by atoms with van der Waals surface area (Å²) in [5.74, 6) is 2.45. The van der Waals surface area contributed by atoms with Gasteiger partial charge in [0.05, 0.1) is 24.6 Å². The molecule has 2 heterocycles. The zero-order valence-electron chi connectivity index (χ0n) is 18.5. The third-order valence-corrected chi connectivity index (χ3v) is 5.40. The van der Waals surface area contributed by atoms with Crippen molar-refractivity contribution < 1.29 is 0 Å². The lowest BCUT2D eigenvalue weighted by Gasteiger charge is -2.19. The molecule has 0 aliphatic rings. The van der Waals surface area contributed by atoms with Gasteiger partial charge in [-0.1, -0.05) is 48.5 Å². The summed E-state index contributed by atoms with van der Waals surface area (Å²) in [6.45, 7) is 5.14. The normalized spacial score (nSPS) is 12.3. The zero-order valence-corrected chi connectivity index (χ0v) is 20.8. The van der Waals surface area contributed by atoms with Crippen LogP contribution in [0.3, 0.4) is 0 Å². The highest BCUT2D eigenvalue weighted by Crippen LogP contribution is 2.17. The van der Waals surface area contributed by atoms with Crippen molar-refractivity contribution in [3.8, 4) is 0 Å². The van der Waals surface area contributed by atoms with E-state index in [1.165, 1.54) is 5.56 Å². The van der Waals surface area contributed by atoms with Gasteiger partial charge >= 0.3 is 0 Å². The molecular formula is C24H28IN7. The molecule has 0 fully saturated rings. The smallest absolute Gasteiger partial charge is 0.192 e. The highest BCUT2D eigenvalue weighted by atomic mass is 127. The maximum atomic E-state index is 4.87. The number of benzene rings is 2. The molecule has 4 rings (SSSR count). The topological polar surface area (TPSA) is 80.0 Å². The third-order valence-electron chi connectivity index (χ3n) is 5.40. The van der Waals surface area contributed by atoms with E-state index in [-0.39, 0.29) is 30.0 Å². The van der Waals surface area contributed by atoms with Gasteiger partial charge in [-0.05, 0) is 37.1 Å². The number of aliphatic imine (C=N–C) groups is 1. The Morgan fingerprint density at radius 1 is 1.03 bits per heavy atom.